The molecule has 81 heavy (non-hydrogen) atoms. The Kier molecular flexibility index (Phi) is 22.1. The zero-order valence-electron chi connectivity index (χ0n) is 45.0. The van der Waals surface area contributed by atoms with Crippen molar-refractivity contribution >= 4 is 35.8 Å². The lowest BCUT2D eigenvalue weighted by molar-refractivity contribution is -0.352. The van der Waals surface area contributed by atoms with Gasteiger partial charge in [-0.3, -0.25) is 0 Å². The zero-order valence-corrected chi connectivity index (χ0v) is 45.0. The third kappa shape index (κ3) is 16.6. The summed E-state index contributed by atoms with van der Waals surface area (Å²) in [6, 6.07) is 49.0. The molecule has 0 aliphatic carbocycles. The molecule has 8 rings (SSSR count). The molecule has 2 aliphatic heterocycles. The minimum Gasteiger partial charge on any atom is -0.459 e. The summed E-state index contributed by atoms with van der Waals surface area (Å²) in [6.07, 6.45) is -5.32. The van der Waals surface area contributed by atoms with Gasteiger partial charge >= 0.3 is 35.8 Å². The minimum absolute atomic E-state index is 0.116. The summed E-state index contributed by atoms with van der Waals surface area (Å²) in [4.78, 5) is 84.6. The van der Waals surface area contributed by atoms with Gasteiger partial charge in [0.05, 0.1) is 33.4 Å². The Hall–Kier alpha value is -8.28. The van der Waals surface area contributed by atoms with Gasteiger partial charge in [0.15, 0.2) is 30.9 Å². The van der Waals surface area contributed by atoms with E-state index in [1.165, 1.54) is 12.1 Å². The maximum atomic E-state index is 14.6. The highest BCUT2D eigenvalue weighted by molar-refractivity contribution is 5.92. The van der Waals surface area contributed by atoms with Gasteiger partial charge in [-0.05, 0) is 92.1 Å². The summed E-state index contributed by atoms with van der Waals surface area (Å²) in [5.74, 6) is -5.73. The summed E-state index contributed by atoms with van der Waals surface area (Å²) >= 11 is 0. The lowest BCUT2D eigenvalue weighted by atomic mass is 9.89. The first-order chi connectivity index (χ1) is 39.6. The molecule has 10 unspecified atom stereocenters. The number of rotatable bonds is 26. The first kappa shape index (κ1) is 58.9. The molecular formula is C65H66O16. The van der Waals surface area contributed by atoms with Crippen LogP contribution >= 0.6 is 0 Å². The largest absolute Gasteiger partial charge is 0.459 e. The highest BCUT2D eigenvalue weighted by atomic mass is 16.8. The van der Waals surface area contributed by atoms with Crippen LogP contribution in [0.4, 0.5) is 0 Å². The van der Waals surface area contributed by atoms with Crippen LogP contribution in [0.1, 0.15) is 114 Å². The SMILES string of the molecule is C=CCCCCCCCCOC1OC(COC(=O)c2ccccc2)C(OC2OC(COC(=O)c3ccccc3)C(OC(=O)c3ccccc3)C(C)C2OC(=O)c2ccccc2)C(OC(=O)c2ccccc2)C1OC(=O)c1ccccc1. The van der Waals surface area contributed by atoms with E-state index in [0.717, 1.165) is 38.5 Å². The minimum atomic E-state index is -1.71. The van der Waals surface area contributed by atoms with E-state index in [9.17, 15) is 28.8 Å². The number of unbranched alkanes of at least 4 members (excludes halogenated alkanes) is 6. The molecule has 6 aromatic carbocycles. The molecule has 10 atom stereocenters. The van der Waals surface area contributed by atoms with Gasteiger partial charge in [0.2, 0.25) is 0 Å². The van der Waals surface area contributed by atoms with E-state index in [2.05, 4.69) is 6.58 Å². The molecule has 0 aromatic heterocycles. The van der Waals surface area contributed by atoms with Gasteiger partial charge in [0, 0.05) is 12.5 Å². The summed E-state index contributed by atoms with van der Waals surface area (Å²) in [6.45, 7) is 4.50. The lowest BCUT2D eigenvalue weighted by Crippen LogP contribution is -2.65. The molecule has 2 fully saturated rings. The quantitative estimate of drug-likeness (QED) is 0.0215. The van der Waals surface area contributed by atoms with Gasteiger partial charge in [-0.25, -0.2) is 28.8 Å². The monoisotopic (exact) mass is 1100 g/mol. The van der Waals surface area contributed by atoms with Crippen molar-refractivity contribution in [3.63, 3.8) is 0 Å². The molecule has 6 aromatic rings. The summed E-state index contributed by atoms with van der Waals surface area (Å²) in [5.41, 5.74) is 1.06. The van der Waals surface area contributed by atoms with Crippen molar-refractivity contribution in [2.75, 3.05) is 19.8 Å². The predicted octanol–water partition coefficient (Wildman–Crippen LogP) is 11.0. The van der Waals surface area contributed by atoms with Gasteiger partial charge in [-0.2, -0.15) is 0 Å². The van der Waals surface area contributed by atoms with E-state index in [-0.39, 0.29) is 40.0 Å². The molecule has 0 bridgehead atoms. The highest BCUT2D eigenvalue weighted by Crippen LogP contribution is 2.38. The second kappa shape index (κ2) is 30.3. The van der Waals surface area contributed by atoms with E-state index < -0.39 is 110 Å². The van der Waals surface area contributed by atoms with Gasteiger partial charge in [-0.15, -0.1) is 6.58 Å². The van der Waals surface area contributed by atoms with Crippen molar-refractivity contribution in [1.82, 2.24) is 0 Å². The van der Waals surface area contributed by atoms with Crippen LogP contribution in [-0.2, 0) is 47.4 Å². The van der Waals surface area contributed by atoms with E-state index in [1.807, 2.05) is 6.08 Å². The Labute approximate surface area is 471 Å². The molecule has 2 heterocycles. The average Bonchev–Trinajstić information content (AvgIpc) is 3.71. The number of hydrogen-bond acceptors (Lipinski definition) is 16. The fourth-order valence-corrected chi connectivity index (χ4v) is 9.41. The lowest BCUT2D eigenvalue weighted by Gasteiger charge is -2.48. The number of carbonyl (C=O) groups is 6. The molecule has 2 aliphatic rings. The van der Waals surface area contributed by atoms with Crippen LogP contribution in [0.5, 0.6) is 0 Å². The maximum absolute atomic E-state index is 14.6. The Balaban J connectivity index is 1.21. The van der Waals surface area contributed by atoms with Gasteiger partial charge in [0.25, 0.3) is 0 Å². The first-order valence-corrected chi connectivity index (χ1v) is 27.2. The summed E-state index contributed by atoms with van der Waals surface area (Å²) in [5, 5.41) is 0. The standard InChI is InChI=1S/C65H66O16/c1-3-4-5-6-7-8-9-28-41-72-64-57(80-63(71)50-39-26-15-27-40-50)56(79-62(70)49-37-24-14-25-38-49)55(52(75-64)43-74-59(67)46-31-18-11-19-32-46)81-65-54(78-61(69)48-35-22-13-23-36-48)44(2)53(77-60(68)47-33-20-12-21-34-47)51(76-65)42-73-58(66)45-29-16-10-17-30-45/h3,10-27,29-40,44,51-57,64-65H,1,4-9,28,41-43H2,2H3. The van der Waals surface area contributed by atoms with Gasteiger partial charge < -0.3 is 47.4 Å². The third-order valence-electron chi connectivity index (χ3n) is 13.7. The number of esters is 6. The Morgan fingerprint density at radius 3 is 1.15 bits per heavy atom. The maximum Gasteiger partial charge on any atom is 0.338 e. The van der Waals surface area contributed by atoms with Crippen LogP contribution in [0.3, 0.4) is 0 Å². The van der Waals surface area contributed by atoms with Crippen molar-refractivity contribution in [1.29, 1.82) is 0 Å². The second-order valence-corrected chi connectivity index (χ2v) is 19.5. The molecule has 0 N–H and O–H groups in total. The first-order valence-electron chi connectivity index (χ1n) is 27.2. The van der Waals surface area contributed by atoms with Crippen molar-refractivity contribution in [2.45, 2.75) is 107 Å². The topological polar surface area (TPSA) is 195 Å². The average molecular weight is 1100 g/mol. The fraction of sp³-hybridized carbons (Fsp3) is 0.323. The van der Waals surface area contributed by atoms with Gasteiger partial charge in [-0.1, -0.05) is 148 Å². The molecule has 16 nitrogen and oxygen atoms in total. The molecular weight excluding hydrogens is 1040 g/mol. The smallest absolute Gasteiger partial charge is 0.338 e. The molecule has 422 valence electrons. The zero-order chi connectivity index (χ0) is 56.8. The third-order valence-corrected chi connectivity index (χ3v) is 13.7. The summed E-state index contributed by atoms with van der Waals surface area (Å²) in [7, 11) is 0. The van der Waals surface area contributed by atoms with Crippen LogP contribution in [0, 0.1) is 5.92 Å². The Morgan fingerprint density at radius 2 is 0.728 bits per heavy atom. The van der Waals surface area contributed by atoms with Crippen LogP contribution in [0.2, 0.25) is 0 Å². The van der Waals surface area contributed by atoms with Crippen LogP contribution in [-0.4, -0.2) is 111 Å². The number of ether oxygens (including phenoxy) is 10. The Bertz CT molecular complexity index is 2940. The van der Waals surface area contributed by atoms with E-state index >= 15 is 0 Å². The normalized spacial score (nSPS) is 22.2. The van der Waals surface area contributed by atoms with Crippen LogP contribution < -0.4 is 0 Å². The number of allylic oxidation sites excluding steroid dienone is 1. The van der Waals surface area contributed by atoms with Crippen molar-refractivity contribution in [2.24, 2.45) is 5.92 Å². The van der Waals surface area contributed by atoms with Crippen molar-refractivity contribution in [3.05, 3.63) is 228 Å². The van der Waals surface area contributed by atoms with E-state index in [4.69, 9.17) is 47.4 Å². The van der Waals surface area contributed by atoms with Crippen LogP contribution in [0.15, 0.2) is 195 Å². The molecule has 0 saturated carbocycles. The van der Waals surface area contributed by atoms with E-state index in [0.29, 0.717) is 6.42 Å². The Morgan fingerprint density at radius 1 is 0.395 bits per heavy atom. The molecule has 16 heteroatoms. The number of hydrogen-bond donors (Lipinski definition) is 0. The van der Waals surface area contributed by atoms with Gasteiger partial charge in [0.1, 0.15) is 37.6 Å². The number of benzene rings is 6. The second-order valence-electron chi connectivity index (χ2n) is 19.5. The fourth-order valence-electron chi connectivity index (χ4n) is 9.41. The predicted molar refractivity (Wildman–Crippen MR) is 296 cm³/mol. The summed E-state index contributed by atoms with van der Waals surface area (Å²) < 4.78 is 64.2. The molecule has 0 spiro atoms. The molecule has 0 radical (unpaired) electrons. The number of carbonyl (C=O) groups excluding carboxylic acids is 6. The van der Waals surface area contributed by atoms with E-state index in [1.54, 1.807) is 177 Å². The van der Waals surface area contributed by atoms with Crippen molar-refractivity contribution < 1.29 is 76.1 Å². The van der Waals surface area contributed by atoms with Crippen LogP contribution in [0.25, 0.3) is 0 Å². The van der Waals surface area contributed by atoms with Crippen molar-refractivity contribution in [3.8, 4) is 0 Å². The molecule has 0 amide bonds. The highest BCUT2D eigenvalue weighted by Gasteiger charge is 2.56. The molecule has 2 saturated heterocycles.